The van der Waals surface area contributed by atoms with E-state index in [9.17, 15) is 13.2 Å². The van der Waals surface area contributed by atoms with E-state index in [0.717, 1.165) is 48.9 Å². The number of nitrogens with one attached hydrogen (secondary N) is 2. The van der Waals surface area contributed by atoms with Crippen molar-refractivity contribution < 1.29 is 13.2 Å². The Bertz CT molecular complexity index is 1160. The number of pyridine rings is 1. The summed E-state index contributed by atoms with van der Waals surface area (Å²) in [4.78, 5) is 21.7. The van der Waals surface area contributed by atoms with Gasteiger partial charge in [-0.25, -0.2) is 13.4 Å². The van der Waals surface area contributed by atoms with Crippen molar-refractivity contribution in [2.45, 2.75) is 10.8 Å². The van der Waals surface area contributed by atoms with Crippen LogP contribution in [0.1, 0.15) is 15.9 Å². The molecule has 1 aromatic carbocycles. The largest absolute Gasteiger partial charge is 0.354 e. The molecule has 1 saturated heterocycles. The van der Waals surface area contributed by atoms with Crippen molar-refractivity contribution in [3.8, 4) is 0 Å². The topological polar surface area (TPSA) is 94.6 Å². The number of rotatable bonds is 7. The van der Waals surface area contributed by atoms with Crippen molar-refractivity contribution in [3.05, 3.63) is 71.2 Å². The zero-order chi connectivity index (χ0) is 22.6. The van der Waals surface area contributed by atoms with Gasteiger partial charge in [0.1, 0.15) is 10.0 Å². The first-order valence-corrected chi connectivity index (χ1v) is 12.6. The smallest absolute Gasteiger partial charge is 0.271 e. The summed E-state index contributed by atoms with van der Waals surface area (Å²) in [6.45, 7) is 4.12. The van der Waals surface area contributed by atoms with E-state index in [1.165, 1.54) is 0 Å². The Morgan fingerprint density at radius 1 is 1.06 bits per heavy atom. The molecule has 2 aromatic heterocycles. The monoisotopic (exact) mass is 471 g/mol. The Labute approximate surface area is 191 Å². The molecule has 1 aliphatic heterocycles. The Balaban J connectivity index is 1.38. The summed E-state index contributed by atoms with van der Waals surface area (Å²) in [5.41, 5.74) is 1.82. The van der Waals surface area contributed by atoms with Crippen molar-refractivity contribution in [1.82, 2.24) is 15.2 Å². The van der Waals surface area contributed by atoms with E-state index in [1.54, 1.807) is 48.0 Å². The number of amides is 1. The van der Waals surface area contributed by atoms with Crippen LogP contribution in [0.4, 0.5) is 11.5 Å². The van der Waals surface area contributed by atoms with E-state index in [-0.39, 0.29) is 10.1 Å². The third-order valence-electron chi connectivity index (χ3n) is 5.27. The van der Waals surface area contributed by atoms with E-state index in [0.29, 0.717) is 17.8 Å². The van der Waals surface area contributed by atoms with E-state index in [1.807, 2.05) is 12.1 Å². The van der Waals surface area contributed by atoms with Crippen LogP contribution in [0.3, 0.4) is 0 Å². The van der Waals surface area contributed by atoms with Gasteiger partial charge in [0.05, 0.1) is 0 Å². The first-order valence-electron chi connectivity index (χ1n) is 10.2. The van der Waals surface area contributed by atoms with Crippen molar-refractivity contribution >= 4 is 38.8 Å². The molecule has 0 saturated carbocycles. The highest BCUT2D eigenvalue weighted by atomic mass is 32.2. The minimum Gasteiger partial charge on any atom is -0.354 e. The quantitative estimate of drug-likeness (QED) is 0.550. The zero-order valence-corrected chi connectivity index (χ0v) is 19.3. The summed E-state index contributed by atoms with van der Waals surface area (Å²) in [6, 6.07) is 13.4. The van der Waals surface area contributed by atoms with Gasteiger partial charge in [-0.2, -0.15) is 0 Å². The number of benzene rings is 1. The maximum absolute atomic E-state index is 12.6. The van der Waals surface area contributed by atoms with Gasteiger partial charge >= 0.3 is 0 Å². The lowest BCUT2D eigenvalue weighted by Crippen LogP contribution is -2.45. The van der Waals surface area contributed by atoms with Crippen molar-refractivity contribution in [3.63, 3.8) is 0 Å². The maximum Gasteiger partial charge on any atom is 0.271 e. The summed E-state index contributed by atoms with van der Waals surface area (Å²) < 4.78 is 27.4. The highest BCUT2D eigenvalue weighted by molar-refractivity contribution is 7.94. The number of likely N-dealkylation sites (N-methyl/N-ethyl adjacent to an activating group) is 1. The molecule has 10 heteroatoms. The Morgan fingerprint density at radius 3 is 2.50 bits per heavy atom. The van der Waals surface area contributed by atoms with Gasteiger partial charge in [0.2, 0.25) is 0 Å². The van der Waals surface area contributed by atoms with Crippen LogP contribution in [-0.4, -0.2) is 57.4 Å². The molecule has 0 unspecified atom stereocenters. The molecule has 0 bridgehead atoms. The van der Waals surface area contributed by atoms with Crippen LogP contribution in [0.2, 0.25) is 0 Å². The standard InChI is InChI=1S/C22H25N5O3S2/c1-26-11-13-27(14-12-26)21-18(4-2-10-23-21)16-24-22(28)17-6-8-19(9-7-17)25-32(29,30)20-5-3-15-31-20/h2-10,15,25H,11-14,16H2,1H3,(H,24,28). The average molecular weight is 472 g/mol. The van der Waals surface area contributed by atoms with Gasteiger partial charge in [0.25, 0.3) is 15.9 Å². The van der Waals surface area contributed by atoms with Crippen molar-refractivity contribution in [1.29, 1.82) is 0 Å². The third kappa shape index (κ3) is 5.26. The van der Waals surface area contributed by atoms with E-state index in [2.05, 4.69) is 31.9 Å². The Kier molecular flexibility index (Phi) is 6.73. The first-order chi connectivity index (χ1) is 15.4. The molecule has 32 heavy (non-hydrogen) atoms. The Morgan fingerprint density at radius 2 is 1.81 bits per heavy atom. The first kappa shape index (κ1) is 22.3. The summed E-state index contributed by atoms with van der Waals surface area (Å²) >= 11 is 1.15. The average Bonchev–Trinajstić information content (AvgIpc) is 3.35. The second kappa shape index (κ2) is 9.68. The van der Waals surface area contributed by atoms with Gasteiger partial charge in [-0.05, 0) is 48.8 Å². The Hall–Kier alpha value is -2.95. The number of anilines is 2. The van der Waals surface area contributed by atoms with Crippen LogP contribution in [0.25, 0.3) is 0 Å². The molecule has 168 valence electrons. The number of hydrogen-bond donors (Lipinski definition) is 2. The van der Waals surface area contributed by atoms with Crippen molar-refractivity contribution in [2.75, 3.05) is 42.8 Å². The molecular weight excluding hydrogens is 446 g/mol. The molecule has 0 atom stereocenters. The highest BCUT2D eigenvalue weighted by Gasteiger charge is 2.19. The summed E-state index contributed by atoms with van der Waals surface area (Å²) in [7, 11) is -1.51. The summed E-state index contributed by atoms with van der Waals surface area (Å²) in [5, 5.41) is 4.65. The number of nitrogens with zero attached hydrogens (tertiary/aromatic N) is 3. The fourth-order valence-corrected chi connectivity index (χ4v) is 5.51. The van der Waals surface area contributed by atoms with Crippen LogP contribution in [0.15, 0.2) is 64.3 Å². The molecule has 3 aromatic rings. The second-order valence-corrected chi connectivity index (χ2v) is 10.4. The van der Waals surface area contributed by atoms with Gasteiger partial charge in [-0.3, -0.25) is 9.52 Å². The molecule has 0 spiro atoms. The number of aromatic nitrogens is 1. The predicted octanol–water partition coefficient (Wildman–Crippen LogP) is 2.63. The lowest BCUT2D eigenvalue weighted by Gasteiger charge is -2.34. The lowest BCUT2D eigenvalue weighted by molar-refractivity contribution is 0.0951. The maximum atomic E-state index is 12.6. The molecule has 0 aliphatic carbocycles. The molecular formula is C22H25N5O3S2. The normalized spacial score (nSPS) is 14.8. The SMILES string of the molecule is CN1CCN(c2ncccc2CNC(=O)c2ccc(NS(=O)(=O)c3cccs3)cc2)CC1. The van der Waals surface area contributed by atoms with E-state index >= 15 is 0 Å². The third-order valence-corrected chi connectivity index (χ3v) is 8.05. The zero-order valence-electron chi connectivity index (χ0n) is 17.7. The molecule has 8 nitrogen and oxygen atoms in total. The molecule has 2 N–H and O–H groups in total. The van der Waals surface area contributed by atoms with Gasteiger partial charge < -0.3 is 15.1 Å². The van der Waals surface area contributed by atoms with Crippen LogP contribution in [0, 0.1) is 0 Å². The van der Waals surface area contributed by atoms with Crippen molar-refractivity contribution in [2.24, 2.45) is 0 Å². The minimum absolute atomic E-state index is 0.231. The number of carbonyl (C=O) groups excluding carboxylic acids is 1. The molecule has 1 fully saturated rings. The van der Waals surface area contributed by atoms with Gasteiger partial charge in [-0.1, -0.05) is 12.1 Å². The molecule has 1 aliphatic rings. The van der Waals surface area contributed by atoms with Crippen LogP contribution < -0.4 is 14.9 Å². The summed E-state index contributed by atoms with van der Waals surface area (Å²) in [6.07, 6.45) is 1.77. The number of piperazine rings is 1. The number of sulfonamides is 1. The van der Waals surface area contributed by atoms with E-state index < -0.39 is 10.0 Å². The second-order valence-electron chi connectivity index (χ2n) is 7.57. The van der Waals surface area contributed by atoms with Gasteiger partial charge in [0, 0.05) is 55.7 Å². The molecule has 3 heterocycles. The highest BCUT2D eigenvalue weighted by Crippen LogP contribution is 2.21. The fraction of sp³-hybridized carbons (Fsp3) is 0.273. The van der Waals surface area contributed by atoms with Crippen LogP contribution >= 0.6 is 11.3 Å². The molecule has 0 radical (unpaired) electrons. The molecule has 4 rings (SSSR count). The van der Waals surface area contributed by atoms with Crippen LogP contribution in [-0.2, 0) is 16.6 Å². The van der Waals surface area contributed by atoms with Gasteiger partial charge in [0.15, 0.2) is 0 Å². The molecule has 1 amide bonds. The number of hydrogen-bond acceptors (Lipinski definition) is 7. The minimum atomic E-state index is -3.61. The fourth-order valence-electron chi connectivity index (χ4n) is 3.46. The number of carbonyl (C=O) groups is 1. The number of thiophene rings is 1. The van der Waals surface area contributed by atoms with E-state index in [4.69, 9.17) is 0 Å². The van der Waals surface area contributed by atoms with Crippen LogP contribution in [0.5, 0.6) is 0 Å². The van der Waals surface area contributed by atoms with Gasteiger partial charge in [-0.15, -0.1) is 11.3 Å². The predicted molar refractivity (Wildman–Crippen MR) is 127 cm³/mol. The lowest BCUT2D eigenvalue weighted by atomic mass is 10.1. The summed E-state index contributed by atoms with van der Waals surface area (Å²) in [5.74, 6) is 0.671.